The maximum atomic E-state index is 13.6. The number of hydrogen-bond donors (Lipinski definition) is 1. The van der Waals surface area contributed by atoms with E-state index in [0.717, 1.165) is 75.3 Å². The largest absolute Gasteiger partial charge is 0.497 e. The van der Waals surface area contributed by atoms with Crippen LogP contribution >= 0.6 is 0 Å². The predicted octanol–water partition coefficient (Wildman–Crippen LogP) is 3.81. The number of rotatable bonds is 6. The lowest BCUT2D eigenvalue weighted by Gasteiger charge is -2.46. The van der Waals surface area contributed by atoms with Gasteiger partial charge in [-0.3, -0.25) is 9.59 Å². The fraction of sp³-hybridized carbons (Fsp3) is 0.462. The summed E-state index contributed by atoms with van der Waals surface area (Å²) < 4.78 is 5.25. The summed E-state index contributed by atoms with van der Waals surface area (Å²) in [5.74, 6) is 1.41. The summed E-state index contributed by atoms with van der Waals surface area (Å²) in [7, 11) is 1.67. The van der Waals surface area contributed by atoms with E-state index >= 15 is 0 Å². The maximum absolute atomic E-state index is 13.6. The minimum absolute atomic E-state index is 0.113. The predicted molar refractivity (Wildman–Crippen MR) is 125 cm³/mol. The van der Waals surface area contributed by atoms with Gasteiger partial charge in [-0.15, -0.1) is 0 Å². The number of nitrogens with zero attached hydrogens (tertiary/aromatic N) is 2. The molecule has 3 fully saturated rings. The van der Waals surface area contributed by atoms with Gasteiger partial charge in [0.1, 0.15) is 5.75 Å². The molecular weight excluding hydrogens is 402 g/mol. The topological polar surface area (TPSA) is 61.9 Å². The highest BCUT2D eigenvalue weighted by Crippen LogP contribution is 2.45. The van der Waals surface area contributed by atoms with Gasteiger partial charge < -0.3 is 19.9 Å². The van der Waals surface area contributed by atoms with Gasteiger partial charge in [-0.25, -0.2) is 0 Å². The molecule has 1 heterocycles. The lowest BCUT2D eigenvalue weighted by atomic mass is 9.63. The van der Waals surface area contributed by atoms with Gasteiger partial charge in [-0.2, -0.15) is 0 Å². The number of carbonyl (C=O) groups excluding carboxylic acids is 2. The summed E-state index contributed by atoms with van der Waals surface area (Å²) in [4.78, 5) is 30.0. The van der Waals surface area contributed by atoms with Crippen molar-refractivity contribution in [3.63, 3.8) is 0 Å². The molecule has 0 atom stereocenters. The van der Waals surface area contributed by atoms with Crippen LogP contribution in [0.4, 0.5) is 11.4 Å². The molecule has 1 aliphatic heterocycles. The highest BCUT2D eigenvalue weighted by Gasteiger charge is 2.48. The van der Waals surface area contributed by atoms with Crippen LogP contribution in [0, 0.1) is 5.92 Å². The van der Waals surface area contributed by atoms with Gasteiger partial charge >= 0.3 is 0 Å². The van der Waals surface area contributed by atoms with E-state index in [0.29, 0.717) is 0 Å². The van der Waals surface area contributed by atoms with Crippen LogP contribution in [0.1, 0.15) is 37.7 Å². The smallest absolute Gasteiger partial charge is 0.233 e. The maximum Gasteiger partial charge on any atom is 0.233 e. The summed E-state index contributed by atoms with van der Waals surface area (Å²) in [5.41, 5.74) is 2.66. The van der Waals surface area contributed by atoms with Crippen LogP contribution < -0.4 is 15.0 Å². The molecule has 2 aromatic carbocycles. The molecular formula is C26H31N3O3. The van der Waals surface area contributed by atoms with Gasteiger partial charge in [-0.05, 0) is 67.6 Å². The van der Waals surface area contributed by atoms with Gasteiger partial charge in [0.25, 0.3) is 0 Å². The quantitative estimate of drug-likeness (QED) is 0.753. The Morgan fingerprint density at radius 1 is 0.938 bits per heavy atom. The first-order valence-electron chi connectivity index (χ1n) is 11.7. The second-order valence-corrected chi connectivity index (χ2v) is 9.25. The number of carbonyl (C=O) groups is 2. The van der Waals surface area contributed by atoms with Gasteiger partial charge in [-0.1, -0.05) is 18.6 Å². The van der Waals surface area contributed by atoms with E-state index in [4.69, 9.17) is 4.74 Å². The first-order chi connectivity index (χ1) is 15.6. The van der Waals surface area contributed by atoms with Crippen LogP contribution in [0.25, 0.3) is 0 Å². The van der Waals surface area contributed by atoms with E-state index in [1.54, 1.807) is 7.11 Å². The van der Waals surface area contributed by atoms with Gasteiger partial charge in [0.15, 0.2) is 0 Å². The van der Waals surface area contributed by atoms with Crippen molar-refractivity contribution in [2.24, 2.45) is 5.92 Å². The van der Waals surface area contributed by atoms with Gasteiger partial charge in [0, 0.05) is 43.5 Å². The number of methoxy groups -OCH3 is 1. The van der Waals surface area contributed by atoms with Crippen molar-refractivity contribution < 1.29 is 14.3 Å². The normalized spacial score (nSPS) is 19.8. The fourth-order valence-corrected chi connectivity index (χ4v) is 4.88. The van der Waals surface area contributed by atoms with Crippen molar-refractivity contribution in [3.05, 3.63) is 54.1 Å². The number of anilines is 2. The summed E-state index contributed by atoms with van der Waals surface area (Å²) >= 11 is 0. The van der Waals surface area contributed by atoms with Crippen molar-refractivity contribution in [2.45, 2.75) is 37.5 Å². The molecule has 168 valence electrons. The number of piperazine rings is 1. The van der Waals surface area contributed by atoms with E-state index in [2.05, 4.69) is 22.3 Å². The van der Waals surface area contributed by atoms with Crippen LogP contribution in [0.3, 0.4) is 0 Å². The van der Waals surface area contributed by atoms with Crippen LogP contribution in [0.15, 0.2) is 48.5 Å². The molecule has 1 N–H and O–H groups in total. The van der Waals surface area contributed by atoms with E-state index < -0.39 is 5.41 Å². The van der Waals surface area contributed by atoms with Crippen molar-refractivity contribution in [1.29, 1.82) is 0 Å². The molecule has 6 heteroatoms. The third-order valence-electron chi connectivity index (χ3n) is 7.27. The minimum atomic E-state index is -0.401. The lowest BCUT2D eigenvalue weighted by molar-refractivity contribution is -0.141. The Morgan fingerprint density at radius 3 is 2.12 bits per heavy atom. The molecule has 0 radical (unpaired) electrons. The summed E-state index contributed by atoms with van der Waals surface area (Å²) in [6.45, 7) is 3.14. The molecule has 5 rings (SSSR count). The molecule has 2 amide bonds. The van der Waals surface area contributed by atoms with Crippen LogP contribution in [-0.2, 0) is 15.0 Å². The lowest BCUT2D eigenvalue weighted by Crippen LogP contribution is -2.56. The molecule has 0 aromatic heterocycles. The molecule has 3 aliphatic rings. The SMILES string of the molecule is COc1ccc(N2CCN(C(=O)C3(c4ccc(NC(=O)C5CC5)cc4)CCC3)CC2)cc1. The first-order valence-corrected chi connectivity index (χ1v) is 11.7. The Morgan fingerprint density at radius 2 is 1.59 bits per heavy atom. The zero-order valence-electron chi connectivity index (χ0n) is 18.7. The van der Waals surface area contributed by atoms with E-state index in [1.807, 2.05) is 41.3 Å². The molecule has 6 nitrogen and oxygen atoms in total. The third-order valence-corrected chi connectivity index (χ3v) is 7.27. The van der Waals surface area contributed by atoms with Gasteiger partial charge in [0.2, 0.25) is 11.8 Å². The first kappa shape index (κ1) is 20.9. The zero-order chi connectivity index (χ0) is 22.1. The Labute approximate surface area is 189 Å². The second-order valence-electron chi connectivity index (χ2n) is 9.25. The Hall–Kier alpha value is -3.02. The standard InChI is InChI=1S/C26H31N3O3/c1-32-23-11-9-22(10-12-23)28-15-17-29(18-16-28)25(31)26(13-2-14-26)20-5-7-21(8-6-20)27-24(30)19-3-4-19/h5-12,19H,2-4,13-18H2,1H3,(H,27,30). The number of amides is 2. The monoisotopic (exact) mass is 433 g/mol. The van der Waals surface area contributed by atoms with Crippen LogP contribution in [0.2, 0.25) is 0 Å². The van der Waals surface area contributed by atoms with Crippen molar-refractivity contribution in [3.8, 4) is 5.75 Å². The van der Waals surface area contributed by atoms with Gasteiger partial charge in [0.05, 0.1) is 12.5 Å². The Balaban J connectivity index is 1.23. The molecule has 2 aromatic rings. The Bertz CT molecular complexity index is 970. The second kappa shape index (κ2) is 8.49. The zero-order valence-corrected chi connectivity index (χ0v) is 18.7. The molecule has 0 spiro atoms. The molecule has 0 unspecified atom stereocenters. The van der Waals surface area contributed by atoms with Crippen molar-refractivity contribution >= 4 is 23.2 Å². The number of benzene rings is 2. The van der Waals surface area contributed by atoms with Crippen LogP contribution in [-0.4, -0.2) is 50.0 Å². The average molecular weight is 434 g/mol. The van der Waals surface area contributed by atoms with Crippen LogP contribution in [0.5, 0.6) is 5.75 Å². The summed E-state index contributed by atoms with van der Waals surface area (Å²) in [5, 5.41) is 2.99. The number of ether oxygens (including phenoxy) is 1. The summed E-state index contributed by atoms with van der Waals surface area (Å²) in [6, 6.07) is 16.1. The molecule has 0 bridgehead atoms. The highest BCUT2D eigenvalue weighted by atomic mass is 16.5. The third kappa shape index (κ3) is 3.94. The Kier molecular flexibility index (Phi) is 5.53. The van der Waals surface area contributed by atoms with Crippen molar-refractivity contribution in [2.75, 3.05) is 43.5 Å². The molecule has 2 saturated carbocycles. The van der Waals surface area contributed by atoms with Crippen molar-refractivity contribution in [1.82, 2.24) is 4.90 Å². The molecule has 2 aliphatic carbocycles. The van der Waals surface area contributed by atoms with E-state index in [1.165, 1.54) is 5.69 Å². The average Bonchev–Trinajstić information content (AvgIpc) is 3.65. The van der Waals surface area contributed by atoms with E-state index in [9.17, 15) is 9.59 Å². The fourth-order valence-electron chi connectivity index (χ4n) is 4.88. The van der Waals surface area contributed by atoms with E-state index in [-0.39, 0.29) is 17.7 Å². The number of nitrogens with one attached hydrogen (secondary N) is 1. The molecule has 32 heavy (non-hydrogen) atoms. The number of hydrogen-bond acceptors (Lipinski definition) is 4. The minimum Gasteiger partial charge on any atom is -0.497 e. The molecule has 1 saturated heterocycles. The summed E-state index contributed by atoms with van der Waals surface area (Å²) in [6.07, 6.45) is 4.87. The highest BCUT2D eigenvalue weighted by molar-refractivity contribution is 5.94.